The molecule has 2 aromatic rings. The van der Waals surface area contributed by atoms with Crippen LogP contribution in [0.25, 0.3) is 0 Å². The highest BCUT2D eigenvalue weighted by Gasteiger charge is 2.42. The standard InChI is InChI=1S/C35H48ClN7O4S/c1-22-15-23(16-29(36)32(22)37)17-31(33(44)41-13-11-40(12-14-41)28-18-26-3-4-27(19-28)39(26)2)47-35(46)42-8-6-25(7-9-42)43-10-5-24-20-48-21-30(24)38-34(43)45/h15-16,20-21,25-28,31H,3-14,17-19,37H2,1-2H3,(H,38,45)/t26?,27?,28?,31-/m1/s1. The highest BCUT2D eigenvalue weighted by atomic mass is 35.5. The molecule has 7 rings (SSSR count). The normalized spacial score (nSPS) is 26.2. The van der Waals surface area contributed by atoms with Crippen molar-refractivity contribution >= 4 is 52.3 Å². The number of piperidine rings is 2. The number of urea groups is 1. The van der Waals surface area contributed by atoms with E-state index >= 15 is 0 Å². The second-order valence-electron chi connectivity index (χ2n) is 14.3. The average molecular weight is 698 g/mol. The minimum atomic E-state index is -0.977. The number of nitrogens with one attached hydrogen (secondary N) is 1. The van der Waals surface area contributed by atoms with Crippen LogP contribution in [0.1, 0.15) is 55.2 Å². The van der Waals surface area contributed by atoms with Crippen LogP contribution < -0.4 is 11.1 Å². The molecule has 4 amide bonds. The Hall–Kier alpha value is -3.06. The molecule has 1 aromatic carbocycles. The molecule has 11 nitrogen and oxygen atoms in total. The number of likely N-dealkylation sites (tertiary alicyclic amines) is 1. The molecule has 13 heteroatoms. The molecule has 5 aliphatic rings. The molecule has 2 unspecified atom stereocenters. The van der Waals surface area contributed by atoms with Crippen molar-refractivity contribution in [2.45, 2.75) is 88.6 Å². The number of nitrogen functional groups attached to an aromatic ring is 1. The van der Waals surface area contributed by atoms with Crippen LogP contribution in [0, 0.1) is 6.92 Å². The number of amides is 4. The van der Waals surface area contributed by atoms with E-state index in [1.807, 2.05) is 28.2 Å². The van der Waals surface area contributed by atoms with Gasteiger partial charge in [-0.2, -0.15) is 0 Å². The van der Waals surface area contributed by atoms with Gasteiger partial charge in [-0.05, 0) is 87.1 Å². The molecule has 3 N–H and O–H groups in total. The van der Waals surface area contributed by atoms with E-state index in [0.29, 0.717) is 74.4 Å². The summed E-state index contributed by atoms with van der Waals surface area (Å²) in [5, 5.41) is 7.54. The van der Waals surface area contributed by atoms with Crippen LogP contribution in [-0.4, -0.2) is 126 Å². The van der Waals surface area contributed by atoms with E-state index in [4.69, 9.17) is 22.1 Å². The van der Waals surface area contributed by atoms with Crippen LogP contribution >= 0.6 is 22.9 Å². The zero-order chi connectivity index (χ0) is 33.5. The van der Waals surface area contributed by atoms with Crippen molar-refractivity contribution in [1.82, 2.24) is 24.5 Å². The highest BCUT2D eigenvalue weighted by Crippen LogP contribution is 2.37. The number of thiophene rings is 1. The summed E-state index contributed by atoms with van der Waals surface area (Å²) >= 11 is 8.02. The minimum Gasteiger partial charge on any atom is -0.436 e. The SMILES string of the molecule is Cc1cc(C[C@@H](OC(=O)N2CCC(N3CCc4cscc4NC3=O)CC2)C(=O)N2CCN(C3CC4CCC(C3)N4C)CC2)cc(Cl)c1N. The predicted octanol–water partition coefficient (Wildman–Crippen LogP) is 4.66. The quantitative estimate of drug-likeness (QED) is 0.422. The average Bonchev–Trinajstić information content (AvgIpc) is 3.53. The van der Waals surface area contributed by atoms with E-state index in [2.05, 4.69) is 27.5 Å². The maximum Gasteiger partial charge on any atom is 0.410 e. The molecular weight excluding hydrogens is 650 g/mol. The van der Waals surface area contributed by atoms with Gasteiger partial charge in [0.2, 0.25) is 0 Å². The summed E-state index contributed by atoms with van der Waals surface area (Å²) < 4.78 is 6.07. The van der Waals surface area contributed by atoms with Crippen molar-refractivity contribution in [3.8, 4) is 0 Å². The van der Waals surface area contributed by atoms with Crippen LogP contribution in [0.2, 0.25) is 5.02 Å². The molecule has 1 aromatic heterocycles. The Morgan fingerprint density at radius 1 is 0.958 bits per heavy atom. The Morgan fingerprint density at radius 3 is 2.35 bits per heavy atom. The van der Waals surface area contributed by atoms with E-state index in [1.165, 1.54) is 31.2 Å². The lowest BCUT2D eigenvalue weighted by atomic mass is 9.96. The van der Waals surface area contributed by atoms with Gasteiger partial charge in [-0.3, -0.25) is 9.69 Å². The number of hydrogen-bond acceptors (Lipinski definition) is 8. The number of anilines is 2. The van der Waals surface area contributed by atoms with Crippen molar-refractivity contribution in [2.24, 2.45) is 0 Å². The number of piperazine rings is 1. The van der Waals surface area contributed by atoms with Crippen LogP contribution in [0.15, 0.2) is 22.9 Å². The third kappa shape index (κ3) is 6.86. The molecule has 260 valence electrons. The van der Waals surface area contributed by atoms with Crippen molar-refractivity contribution in [1.29, 1.82) is 0 Å². The Bertz CT molecular complexity index is 1480. The summed E-state index contributed by atoms with van der Waals surface area (Å²) in [4.78, 5) is 51.3. The molecule has 3 atom stereocenters. The third-order valence-corrected chi connectivity index (χ3v) is 12.7. The lowest BCUT2D eigenvalue weighted by molar-refractivity contribution is -0.143. The Kier molecular flexibility index (Phi) is 9.79. The second kappa shape index (κ2) is 14.0. The topological polar surface area (TPSA) is 115 Å². The first-order valence-electron chi connectivity index (χ1n) is 17.5. The third-order valence-electron chi connectivity index (χ3n) is 11.6. The summed E-state index contributed by atoms with van der Waals surface area (Å²) in [7, 11) is 2.27. The predicted molar refractivity (Wildman–Crippen MR) is 189 cm³/mol. The fourth-order valence-corrected chi connectivity index (χ4v) is 9.70. The molecule has 0 radical (unpaired) electrons. The van der Waals surface area contributed by atoms with Gasteiger partial charge in [0.1, 0.15) is 0 Å². The van der Waals surface area contributed by atoms with Crippen LogP contribution in [0.4, 0.5) is 21.0 Å². The first-order chi connectivity index (χ1) is 23.1. The van der Waals surface area contributed by atoms with Crippen LogP contribution in [0.3, 0.4) is 0 Å². The molecule has 5 aliphatic heterocycles. The van der Waals surface area contributed by atoms with E-state index in [0.717, 1.165) is 36.3 Å². The Balaban J connectivity index is 0.980. The Labute approximate surface area is 292 Å². The number of carbonyl (C=O) groups is 3. The van der Waals surface area contributed by atoms with Crippen molar-refractivity contribution < 1.29 is 19.1 Å². The van der Waals surface area contributed by atoms with E-state index in [-0.39, 0.29) is 24.4 Å². The largest absolute Gasteiger partial charge is 0.436 e. The van der Waals surface area contributed by atoms with E-state index < -0.39 is 12.2 Å². The maximum atomic E-state index is 14.1. The number of halogens is 1. The number of aryl methyl sites for hydroxylation is 1. The number of nitrogens with zero attached hydrogens (tertiary/aromatic N) is 5. The van der Waals surface area contributed by atoms with Gasteiger partial charge in [0.25, 0.3) is 5.91 Å². The van der Waals surface area contributed by atoms with Crippen molar-refractivity contribution in [2.75, 3.05) is 63.9 Å². The fourth-order valence-electron chi connectivity index (χ4n) is 8.59. The van der Waals surface area contributed by atoms with Gasteiger partial charge < -0.3 is 35.4 Å². The lowest BCUT2D eigenvalue weighted by Crippen LogP contribution is -2.57. The van der Waals surface area contributed by atoms with Gasteiger partial charge in [0.15, 0.2) is 6.10 Å². The zero-order valence-electron chi connectivity index (χ0n) is 28.0. The number of benzene rings is 1. The molecular formula is C35H48ClN7O4S. The lowest BCUT2D eigenvalue weighted by Gasteiger charge is -2.45. The Morgan fingerprint density at radius 2 is 1.67 bits per heavy atom. The van der Waals surface area contributed by atoms with Gasteiger partial charge in [-0.25, -0.2) is 9.59 Å². The molecule has 0 saturated carbocycles. The first-order valence-corrected chi connectivity index (χ1v) is 18.8. The smallest absolute Gasteiger partial charge is 0.410 e. The number of ether oxygens (including phenoxy) is 1. The molecule has 0 aliphatic carbocycles. The number of fused-ring (bicyclic) bond motifs is 3. The summed E-state index contributed by atoms with van der Waals surface area (Å²) in [5.74, 6) is -0.166. The van der Waals surface area contributed by atoms with E-state index in [9.17, 15) is 14.4 Å². The number of nitrogens with two attached hydrogens (primary N) is 1. The molecule has 4 saturated heterocycles. The van der Waals surface area contributed by atoms with Gasteiger partial charge in [0, 0.05) is 81.8 Å². The zero-order valence-corrected chi connectivity index (χ0v) is 29.6. The molecule has 48 heavy (non-hydrogen) atoms. The number of hydrogen-bond donors (Lipinski definition) is 2. The van der Waals surface area contributed by atoms with Gasteiger partial charge in [-0.15, -0.1) is 11.3 Å². The van der Waals surface area contributed by atoms with Crippen molar-refractivity contribution in [3.05, 3.63) is 44.6 Å². The molecule has 0 spiro atoms. The second-order valence-corrected chi connectivity index (χ2v) is 15.5. The van der Waals surface area contributed by atoms with Crippen LogP contribution in [0.5, 0.6) is 0 Å². The monoisotopic (exact) mass is 697 g/mol. The summed E-state index contributed by atoms with van der Waals surface area (Å²) in [6.45, 7) is 6.35. The molecule has 4 fully saturated rings. The van der Waals surface area contributed by atoms with Crippen LogP contribution in [-0.2, 0) is 22.4 Å². The summed E-state index contributed by atoms with van der Waals surface area (Å²) in [5.41, 5.74) is 10.3. The highest BCUT2D eigenvalue weighted by molar-refractivity contribution is 7.08. The van der Waals surface area contributed by atoms with Crippen molar-refractivity contribution in [3.63, 3.8) is 0 Å². The minimum absolute atomic E-state index is 0.0371. The van der Waals surface area contributed by atoms with Gasteiger partial charge >= 0.3 is 12.1 Å². The van der Waals surface area contributed by atoms with Gasteiger partial charge in [-0.1, -0.05) is 17.7 Å². The summed E-state index contributed by atoms with van der Waals surface area (Å²) in [6, 6.07) is 5.55. The van der Waals surface area contributed by atoms with Gasteiger partial charge in [0.05, 0.1) is 16.4 Å². The maximum absolute atomic E-state index is 14.1. The molecule has 6 heterocycles. The van der Waals surface area contributed by atoms with E-state index in [1.54, 1.807) is 22.3 Å². The first kappa shape index (κ1) is 33.4. The number of rotatable bonds is 6. The number of carbonyl (C=O) groups excluding carboxylic acids is 3. The fraction of sp³-hybridized carbons (Fsp3) is 0.629. The summed E-state index contributed by atoms with van der Waals surface area (Å²) in [6.07, 6.45) is 5.85. The molecule has 2 bridgehead atoms.